The summed E-state index contributed by atoms with van der Waals surface area (Å²) in [4.78, 5) is 0. The minimum atomic E-state index is -1.03. The highest BCUT2D eigenvalue weighted by atomic mass is 16.6. The predicted octanol–water partition coefficient (Wildman–Crippen LogP) is 1.80. The van der Waals surface area contributed by atoms with Gasteiger partial charge in [-0.1, -0.05) is 12.1 Å². The lowest BCUT2D eigenvalue weighted by Gasteiger charge is -2.37. The maximum Gasteiger partial charge on any atom is 0.140 e. The van der Waals surface area contributed by atoms with E-state index in [9.17, 15) is 15.3 Å². The van der Waals surface area contributed by atoms with Crippen molar-refractivity contribution in [2.45, 2.75) is 63.3 Å². The number of hydrogen-bond donors (Lipinski definition) is 3. The fourth-order valence-corrected chi connectivity index (χ4v) is 4.22. The van der Waals surface area contributed by atoms with Crippen LogP contribution in [-0.4, -0.2) is 70.8 Å². The normalized spacial score (nSPS) is 32.5. The van der Waals surface area contributed by atoms with Crippen molar-refractivity contribution in [1.29, 1.82) is 0 Å². The Kier molecular flexibility index (Phi) is 6.64. The molecule has 4 rings (SSSR count). The number of ether oxygens (including phenoxy) is 3. The Morgan fingerprint density at radius 2 is 1.87 bits per heavy atom. The molecule has 0 radical (unpaired) electrons. The summed E-state index contributed by atoms with van der Waals surface area (Å²) in [6.07, 6.45) is -2.07. The van der Waals surface area contributed by atoms with Crippen LogP contribution in [-0.2, 0) is 15.9 Å². The molecule has 2 aliphatic rings. The third-order valence-corrected chi connectivity index (χ3v) is 6.52. The van der Waals surface area contributed by atoms with E-state index in [2.05, 4.69) is 5.16 Å². The first-order valence-corrected chi connectivity index (χ1v) is 10.8. The predicted molar refractivity (Wildman–Crippen MR) is 112 cm³/mol. The third kappa shape index (κ3) is 4.94. The Hall–Kier alpha value is -1.97. The number of epoxide rings is 1. The molecular weight excluding hydrogens is 402 g/mol. The highest BCUT2D eigenvalue weighted by molar-refractivity contribution is 5.59. The Morgan fingerprint density at radius 3 is 2.55 bits per heavy atom. The summed E-state index contributed by atoms with van der Waals surface area (Å²) in [5.74, 6) is 1.16. The number of benzene rings is 1. The number of aliphatic hydroxyl groups is 3. The smallest absolute Gasteiger partial charge is 0.140 e. The van der Waals surface area contributed by atoms with Gasteiger partial charge in [-0.3, -0.25) is 0 Å². The molecule has 2 fully saturated rings. The summed E-state index contributed by atoms with van der Waals surface area (Å²) >= 11 is 0. The van der Waals surface area contributed by atoms with Crippen molar-refractivity contribution in [1.82, 2.24) is 5.16 Å². The van der Waals surface area contributed by atoms with Gasteiger partial charge in [0.1, 0.15) is 23.3 Å². The van der Waals surface area contributed by atoms with Gasteiger partial charge < -0.3 is 34.1 Å². The molecule has 1 aromatic heterocycles. The van der Waals surface area contributed by atoms with Crippen molar-refractivity contribution in [2.24, 2.45) is 11.8 Å². The van der Waals surface area contributed by atoms with Gasteiger partial charge in [-0.25, -0.2) is 0 Å². The minimum absolute atomic E-state index is 0.00682. The van der Waals surface area contributed by atoms with Gasteiger partial charge in [-0.2, -0.15) is 0 Å². The molecule has 8 nitrogen and oxygen atoms in total. The zero-order valence-corrected chi connectivity index (χ0v) is 18.0. The number of aromatic nitrogens is 1. The maximum absolute atomic E-state index is 10.6. The van der Waals surface area contributed by atoms with Crippen molar-refractivity contribution >= 4 is 0 Å². The van der Waals surface area contributed by atoms with Crippen molar-refractivity contribution < 1.29 is 34.1 Å². The second-order valence-electron chi connectivity index (χ2n) is 8.70. The van der Waals surface area contributed by atoms with Gasteiger partial charge >= 0.3 is 0 Å². The molecule has 0 unspecified atom stereocenters. The molecule has 0 aliphatic carbocycles. The summed E-state index contributed by atoms with van der Waals surface area (Å²) < 4.78 is 22.1. The van der Waals surface area contributed by atoms with Gasteiger partial charge in [0.2, 0.25) is 0 Å². The van der Waals surface area contributed by atoms with Crippen LogP contribution in [0.4, 0.5) is 0 Å². The van der Waals surface area contributed by atoms with Gasteiger partial charge in [0, 0.05) is 29.9 Å². The average molecular weight is 434 g/mol. The van der Waals surface area contributed by atoms with E-state index in [1.54, 1.807) is 14.0 Å². The van der Waals surface area contributed by atoms with Crippen LogP contribution < -0.4 is 4.74 Å². The molecule has 170 valence electrons. The second kappa shape index (κ2) is 9.26. The summed E-state index contributed by atoms with van der Waals surface area (Å²) in [6, 6.07) is 9.31. The highest BCUT2D eigenvalue weighted by Crippen LogP contribution is 2.38. The Labute approximate surface area is 181 Å². The van der Waals surface area contributed by atoms with E-state index < -0.39 is 24.4 Å². The van der Waals surface area contributed by atoms with Crippen LogP contribution in [0.25, 0.3) is 11.3 Å². The van der Waals surface area contributed by atoms with Crippen LogP contribution in [0, 0.1) is 11.8 Å². The average Bonchev–Trinajstić information content (AvgIpc) is 3.38. The summed E-state index contributed by atoms with van der Waals surface area (Å²) in [5, 5.41) is 35.1. The molecule has 0 saturated carbocycles. The van der Waals surface area contributed by atoms with Crippen LogP contribution in [0.3, 0.4) is 0 Å². The molecule has 0 amide bonds. The largest absolute Gasteiger partial charge is 0.497 e. The molecule has 2 aromatic rings. The van der Waals surface area contributed by atoms with Crippen LogP contribution in [0.2, 0.25) is 0 Å². The van der Waals surface area contributed by atoms with E-state index in [0.29, 0.717) is 30.9 Å². The Bertz CT molecular complexity index is 852. The molecule has 3 heterocycles. The minimum Gasteiger partial charge on any atom is -0.497 e. The van der Waals surface area contributed by atoms with Gasteiger partial charge in [0.05, 0.1) is 44.2 Å². The van der Waals surface area contributed by atoms with Crippen molar-refractivity contribution in [3.63, 3.8) is 0 Å². The van der Waals surface area contributed by atoms with Crippen molar-refractivity contribution in [2.75, 3.05) is 13.7 Å². The molecule has 2 aliphatic heterocycles. The van der Waals surface area contributed by atoms with E-state index in [1.807, 2.05) is 37.3 Å². The lowest BCUT2D eigenvalue weighted by molar-refractivity contribution is -0.166. The Balaban J connectivity index is 1.31. The first-order chi connectivity index (χ1) is 14.9. The van der Waals surface area contributed by atoms with Gasteiger partial charge in [0.15, 0.2) is 0 Å². The van der Waals surface area contributed by atoms with E-state index in [1.165, 1.54) is 0 Å². The number of rotatable bonds is 8. The molecule has 8 heteroatoms. The van der Waals surface area contributed by atoms with Crippen molar-refractivity contribution in [3.8, 4) is 17.0 Å². The topological polar surface area (TPSA) is 118 Å². The molecule has 1 aromatic carbocycles. The molecule has 3 N–H and O–H groups in total. The van der Waals surface area contributed by atoms with Crippen molar-refractivity contribution in [3.05, 3.63) is 36.1 Å². The molecule has 8 atom stereocenters. The van der Waals surface area contributed by atoms with E-state index in [-0.39, 0.29) is 24.0 Å². The SMILES string of the molecule is COc1ccc(-c2cc(C[C@@H]3OC[C@H](C[C@@H]4O[C@H]4[C@@H](C)[C@H](C)O)[C@@H](O)[C@H]3O)on2)cc1. The van der Waals surface area contributed by atoms with E-state index >= 15 is 0 Å². The molecule has 0 spiro atoms. The zero-order valence-electron chi connectivity index (χ0n) is 18.0. The van der Waals surface area contributed by atoms with Gasteiger partial charge in [-0.15, -0.1) is 0 Å². The summed E-state index contributed by atoms with van der Waals surface area (Å²) in [6.45, 7) is 4.03. The number of hydrogen-bond acceptors (Lipinski definition) is 8. The highest BCUT2D eigenvalue weighted by Gasteiger charge is 2.48. The first-order valence-electron chi connectivity index (χ1n) is 10.8. The maximum atomic E-state index is 10.6. The van der Waals surface area contributed by atoms with E-state index in [4.69, 9.17) is 18.7 Å². The number of nitrogens with zero attached hydrogens (tertiary/aromatic N) is 1. The number of aliphatic hydroxyl groups excluding tert-OH is 3. The standard InChI is InChI=1S/C23H31NO7/c1-12(13(2)25)23-20(30-23)8-15-11-29-19(22(27)21(15)26)10-17-9-18(24-31-17)14-4-6-16(28-3)7-5-14/h4-7,9,12-13,15,19-23,25-27H,8,10-11H2,1-3H3/t12-,13-,15-,19-,20-,21+,22-,23-/m0/s1. The zero-order chi connectivity index (χ0) is 22.1. The Morgan fingerprint density at radius 1 is 1.13 bits per heavy atom. The van der Waals surface area contributed by atoms with E-state index in [0.717, 1.165) is 11.3 Å². The van der Waals surface area contributed by atoms with Crippen LogP contribution >= 0.6 is 0 Å². The van der Waals surface area contributed by atoms with Crippen LogP contribution in [0.1, 0.15) is 26.0 Å². The fourth-order valence-electron chi connectivity index (χ4n) is 4.22. The van der Waals surface area contributed by atoms with Crippen LogP contribution in [0.5, 0.6) is 5.75 Å². The molecular formula is C23H31NO7. The first kappa shape index (κ1) is 22.2. The van der Waals surface area contributed by atoms with Crippen LogP contribution in [0.15, 0.2) is 34.9 Å². The quantitative estimate of drug-likeness (QED) is 0.540. The molecule has 2 saturated heterocycles. The lowest BCUT2D eigenvalue weighted by atomic mass is 9.86. The monoisotopic (exact) mass is 433 g/mol. The summed E-state index contributed by atoms with van der Waals surface area (Å²) in [7, 11) is 1.61. The fraction of sp³-hybridized carbons (Fsp3) is 0.609. The number of methoxy groups -OCH3 is 1. The lowest BCUT2D eigenvalue weighted by Crippen LogP contribution is -2.51. The summed E-state index contributed by atoms with van der Waals surface area (Å²) in [5.41, 5.74) is 1.58. The van der Waals surface area contributed by atoms with Gasteiger partial charge in [-0.05, 0) is 37.6 Å². The van der Waals surface area contributed by atoms with Gasteiger partial charge in [0.25, 0.3) is 0 Å². The second-order valence-corrected chi connectivity index (χ2v) is 8.70. The molecule has 31 heavy (non-hydrogen) atoms. The molecule has 0 bridgehead atoms. The third-order valence-electron chi connectivity index (χ3n) is 6.52.